The summed E-state index contributed by atoms with van der Waals surface area (Å²) in [5.41, 5.74) is 0.819. The van der Waals surface area contributed by atoms with Crippen LogP contribution < -0.4 is 10.1 Å². The van der Waals surface area contributed by atoms with Gasteiger partial charge in [0.15, 0.2) is 6.10 Å². The van der Waals surface area contributed by atoms with Gasteiger partial charge in [0.05, 0.1) is 10.5 Å². The second kappa shape index (κ2) is 7.79. The average molecular weight is 401 g/mol. The molecule has 0 unspecified atom stereocenters. The van der Waals surface area contributed by atoms with Gasteiger partial charge in [0.25, 0.3) is 5.91 Å². The van der Waals surface area contributed by atoms with Crippen LogP contribution in [0.15, 0.2) is 46.9 Å². The zero-order valence-electron chi connectivity index (χ0n) is 12.6. The maximum Gasteiger partial charge on any atom is 0.261 e. The molecule has 1 amide bonds. The van der Waals surface area contributed by atoms with E-state index in [1.807, 2.05) is 6.92 Å². The SMILES string of the molecule is C[C@@H](Oc1ccc(Cl)cc1Br)C(=O)N[C@H](C)c1ccc(F)cc1. The van der Waals surface area contributed by atoms with E-state index in [4.69, 9.17) is 16.3 Å². The number of carbonyl (C=O) groups excluding carboxylic acids is 1. The van der Waals surface area contributed by atoms with Crippen molar-refractivity contribution < 1.29 is 13.9 Å². The van der Waals surface area contributed by atoms with Crippen LogP contribution in [-0.4, -0.2) is 12.0 Å². The Labute approximate surface area is 147 Å². The third-order valence-electron chi connectivity index (χ3n) is 3.30. The van der Waals surface area contributed by atoms with Crippen molar-refractivity contribution in [3.05, 3.63) is 63.3 Å². The molecule has 3 nitrogen and oxygen atoms in total. The van der Waals surface area contributed by atoms with Crippen molar-refractivity contribution in [2.45, 2.75) is 26.0 Å². The number of amides is 1. The molecule has 0 radical (unpaired) electrons. The van der Waals surface area contributed by atoms with Gasteiger partial charge in [-0.1, -0.05) is 23.7 Å². The van der Waals surface area contributed by atoms with E-state index in [0.717, 1.165) is 5.56 Å². The van der Waals surface area contributed by atoms with Crippen molar-refractivity contribution in [3.8, 4) is 5.75 Å². The van der Waals surface area contributed by atoms with Gasteiger partial charge in [-0.15, -0.1) is 0 Å². The third kappa shape index (κ3) is 4.94. The Kier molecular flexibility index (Phi) is 6.02. The Morgan fingerprint density at radius 1 is 1.22 bits per heavy atom. The van der Waals surface area contributed by atoms with E-state index in [-0.39, 0.29) is 17.8 Å². The summed E-state index contributed by atoms with van der Waals surface area (Å²) in [6.07, 6.45) is -0.685. The van der Waals surface area contributed by atoms with Gasteiger partial charge in [-0.3, -0.25) is 4.79 Å². The highest BCUT2D eigenvalue weighted by atomic mass is 79.9. The first-order valence-electron chi connectivity index (χ1n) is 7.04. The molecule has 122 valence electrons. The normalized spacial score (nSPS) is 13.3. The Bertz CT molecular complexity index is 693. The summed E-state index contributed by atoms with van der Waals surface area (Å²) in [6, 6.07) is 10.8. The zero-order chi connectivity index (χ0) is 17.0. The van der Waals surface area contributed by atoms with Crippen LogP contribution in [0, 0.1) is 5.82 Å². The molecule has 2 aromatic carbocycles. The maximum atomic E-state index is 12.9. The standard InChI is InChI=1S/C17H16BrClFNO2/c1-10(12-3-6-14(20)7-4-12)21-17(22)11(2)23-16-8-5-13(19)9-15(16)18/h3-11H,1-2H3,(H,21,22)/t10-,11-/m1/s1. The lowest BCUT2D eigenvalue weighted by Gasteiger charge is -2.19. The molecular formula is C17H16BrClFNO2. The molecule has 0 aliphatic heterocycles. The van der Waals surface area contributed by atoms with E-state index in [0.29, 0.717) is 15.2 Å². The highest BCUT2D eigenvalue weighted by Crippen LogP contribution is 2.28. The van der Waals surface area contributed by atoms with Crippen LogP contribution in [0.25, 0.3) is 0 Å². The Hall–Kier alpha value is -1.59. The van der Waals surface area contributed by atoms with Crippen molar-refractivity contribution in [2.24, 2.45) is 0 Å². The summed E-state index contributed by atoms with van der Waals surface area (Å²) < 4.78 is 19.2. The molecule has 0 aliphatic rings. The Morgan fingerprint density at radius 2 is 1.87 bits per heavy atom. The van der Waals surface area contributed by atoms with E-state index in [2.05, 4.69) is 21.2 Å². The summed E-state index contributed by atoms with van der Waals surface area (Å²) in [5, 5.41) is 3.41. The van der Waals surface area contributed by atoms with Crippen molar-refractivity contribution >= 4 is 33.4 Å². The van der Waals surface area contributed by atoms with Gasteiger partial charge in [-0.2, -0.15) is 0 Å². The van der Waals surface area contributed by atoms with Gasteiger partial charge in [0.2, 0.25) is 0 Å². The highest BCUT2D eigenvalue weighted by Gasteiger charge is 2.18. The molecule has 2 rings (SSSR count). The minimum atomic E-state index is -0.685. The fourth-order valence-electron chi connectivity index (χ4n) is 1.98. The van der Waals surface area contributed by atoms with Crippen LogP contribution in [0.4, 0.5) is 4.39 Å². The van der Waals surface area contributed by atoms with Gasteiger partial charge in [0, 0.05) is 5.02 Å². The number of hydrogen-bond acceptors (Lipinski definition) is 2. The fourth-order valence-corrected chi connectivity index (χ4v) is 2.76. The fraction of sp³-hybridized carbons (Fsp3) is 0.235. The lowest BCUT2D eigenvalue weighted by molar-refractivity contribution is -0.127. The summed E-state index contributed by atoms with van der Waals surface area (Å²) in [5.74, 6) is -0.0354. The average Bonchev–Trinajstić information content (AvgIpc) is 2.50. The molecule has 0 saturated carbocycles. The topological polar surface area (TPSA) is 38.3 Å². The number of rotatable bonds is 5. The molecule has 0 saturated heterocycles. The second-order valence-electron chi connectivity index (χ2n) is 5.12. The first-order valence-corrected chi connectivity index (χ1v) is 8.21. The minimum Gasteiger partial charge on any atom is -0.480 e. The van der Waals surface area contributed by atoms with Crippen LogP contribution in [0.1, 0.15) is 25.5 Å². The van der Waals surface area contributed by atoms with Gasteiger partial charge in [-0.05, 0) is 65.7 Å². The van der Waals surface area contributed by atoms with Crippen molar-refractivity contribution in [1.29, 1.82) is 0 Å². The third-order valence-corrected chi connectivity index (χ3v) is 4.15. The predicted octanol–water partition coefficient (Wildman–Crippen LogP) is 4.89. The van der Waals surface area contributed by atoms with Crippen molar-refractivity contribution in [1.82, 2.24) is 5.32 Å². The Morgan fingerprint density at radius 3 is 2.48 bits per heavy atom. The number of ether oxygens (including phenoxy) is 1. The minimum absolute atomic E-state index is 0.247. The van der Waals surface area contributed by atoms with Gasteiger partial charge >= 0.3 is 0 Å². The van der Waals surface area contributed by atoms with Crippen LogP contribution in [0.2, 0.25) is 5.02 Å². The molecule has 0 aromatic heterocycles. The molecule has 0 bridgehead atoms. The summed E-state index contributed by atoms with van der Waals surface area (Å²) in [7, 11) is 0. The summed E-state index contributed by atoms with van der Waals surface area (Å²) in [4.78, 5) is 12.2. The van der Waals surface area contributed by atoms with E-state index in [1.165, 1.54) is 12.1 Å². The van der Waals surface area contributed by atoms with Gasteiger partial charge < -0.3 is 10.1 Å². The lowest BCUT2D eigenvalue weighted by Crippen LogP contribution is -2.37. The number of hydrogen-bond donors (Lipinski definition) is 1. The first kappa shape index (κ1) is 17.8. The molecule has 1 N–H and O–H groups in total. The molecular weight excluding hydrogens is 385 g/mol. The highest BCUT2D eigenvalue weighted by molar-refractivity contribution is 9.10. The summed E-state index contributed by atoms with van der Waals surface area (Å²) >= 11 is 9.21. The van der Waals surface area contributed by atoms with E-state index >= 15 is 0 Å². The van der Waals surface area contributed by atoms with Crippen molar-refractivity contribution in [3.63, 3.8) is 0 Å². The lowest BCUT2D eigenvalue weighted by atomic mass is 10.1. The Balaban J connectivity index is 1.98. The number of carbonyl (C=O) groups is 1. The predicted molar refractivity (Wildman–Crippen MR) is 92.2 cm³/mol. The molecule has 0 fully saturated rings. The smallest absolute Gasteiger partial charge is 0.261 e. The van der Waals surface area contributed by atoms with Crippen molar-refractivity contribution in [2.75, 3.05) is 0 Å². The van der Waals surface area contributed by atoms with Gasteiger partial charge in [-0.25, -0.2) is 4.39 Å². The number of benzene rings is 2. The zero-order valence-corrected chi connectivity index (χ0v) is 15.0. The molecule has 2 atom stereocenters. The van der Waals surface area contributed by atoms with Crippen LogP contribution in [0.3, 0.4) is 0 Å². The molecule has 2 aromatic rings. The summed E-state index contributed by atoms with van der Waals surface area (Å²) in [6.45, 7) is 3.49. The van der Waals surface area contributed by atoms with E-state index in [1.54, 1.807) is 37.3 Å². The maximum absolute atomic E-state index is 12.9. The monoisotopic (exact) mass is 399 g/mol. The largest absolute Gasteiger partial charge is 0.480 e. The second-order valence-corrected chi connectivity index (χ2v) is 6.41. The molecule has 0 spiro atoms. The molecule has 0 aliphatic carbocycles. The molecule has 23 heavy (non-hydrogen) atoms. The van der Waals surface area contributed by atoms with Gasteiger partial charge in [0.1, 0.15) is 11.6 Å². The number of nitrogens with one attached hydrogen (secondary N) is 1. The molecule has 0 heterocycles. The van der Waals surface area contributed by atoms with Crippen LogP contribution >= 0.6 is 27.5 Å². The molecule has 6 heteroatoms. The van der Waals surface area contributed by atoms with E-state index < -0.39 is 6.10 Å². The van der Waals surface area contributed by atoms with Crippen LogP contribution in [0.5, 0.6) is 5.75 Å². The number of halogens is 3. The first-order chi connectivity index (χ1) is 10.9. The van der Waals surface area contributed by atoms with E-state index in [9.17, 15) is 9.18 Å². The van der Waals surface area contributed by atoms with Crippen LogP contribution in [-0.2, 0) is 4.79 Å². The quantitative estimate of drug-likeness (QED) is 0.776.